The van der Waals surface area contributed by atoms with Crippen molar-refractivity contribution in [2.75, 3.05) is 26.2 Å². The minimum Gasteiger partial charge on any atom is -0.341 e. The summed E-state index contributed by atoms with van der Waals surface area (Å²) in [6, 6.07) is 8.14. The number of aryl methyl sites for hydroxylation is 1. The molecule has 1 fully saturated rings. The molecule has 2 heterocycles. The number of benzene rings is 1. The smallest absolute Gasteiger partial charge is 0.223 e. The highest BCUT2D eigenvalue weighted by atomic mass is 32.1. The minimum absolute atomic E-state index is 0.257. The van der Waals surface area contributed by atoms with Crippen LogP contribution in [0.25, 0.3) is 10.2 Å². The molecule has 20 heavy (non-hydrogen) atoms. The van der Waals surface area contributed by atoms with E-state index in [9.17, 15) is 4.79 Å². The van der Waals surface area contributed by atoms with Crippen LogP contribution in [-0.2, 0) is 11.2 Å². The lowest BCUT2D eigenvalue weighted by molar-refractivity contribution is -0.130. The molecule has 1 aliphatic rings. The lowest BCUT2D eigenvalue weighted by Crippen LogP contribution is -2.34. The second-order valence-electron chi connectivity index (χ2n) is 5.06. The summed E-state index contributed by atoms with van der Waals surface area (Å²) in [5.74, 6) is 0.257. The van der Waals surface area contributed by atoms with E-state index in [-0.39, 0.29) is 5.91 Å². The number of fused-ring (bicyclic) bond motifs is 1. The summed E-state index contributed by atoms with van der Waals surface area (Å²) in [4.78, 5) is 18.8. The van der Waals surface area contributed by atoms with Gasteiger partial charge in [0.15, 0.2) is 0 Å². The van der Waals surface area contributed by atoms with Crippen LogP contribution in [0.4, 0.5) is 0 Å². The molecule has 0 bridgehead atoms. The lowest BCUT2D eigenvalue weighted by atomic mass is 10.2. The minimum atomic E-state index is 0.257. The Balaban J connectivity index is 1.59. The first-order valence-electron chi connectivity index (χ1n) is 7.16. The van der Waals surface area contributed by atoms with Gasteiger partial charge in [0.25, 0.3) is 0 Å². The summed E-state index contributed by atoms with van der Waals surface area (Å²) < 4.78 is 1.20. The third-order valence-electron chi connectivity index (χ3n) is 3.58. The molecule has 0 saturated carbocycles. The molecule has 0 spiro atoms. The van der Waals surface area contributed by atoms with Gasteiger partial charge >= 0.3 is 0 Å². The molecule has 0 aliphatic carbocycles. The predicted molar refractivity (Wildman–Crippen MR) is 82.0 cm³/mol. The van der Waals surface area contributed by atoms with Crippen molar-refractivity contribution in [2.45, 2.75) is 19.3 Å². The monoisotopic (exact) mass is 289 g/mol. The van der Waals surface area contributed by atoms with Gasteiger partial charge in [0.05, 0.1) is 15.2 Å². The maximum absolute atomic E-state index is 12.2. The van der Waals surface area contributed by atoms with Crippen LogP contribution >= 0.6 is 11.3 Å². The van der Waals surface area contributed by atoms with E-state index >= 15 is 0 Å². The van der Waals surface area contributed by atoms with Crippen LogP contribution in [0.1, 0.15) is 17.8 Å². The van der Waals surface area contributed by atoms with Crippen molar-refractivity contribution in [2.24, 2.45) is 0 Å². The number of hydrogen-bond acceptors (Lipinski definition) is 4. The van der Waals surface area contributed by atoms with Crippen molar-refractivity contribution in [3.05, 3.63) is 29.3 Å². The summed E-state index contributed by atoms with van der Waals surface area (Å²) in [5.41, 5.74) is 1.04. The first kappa shape index (κ1) is 13.5. The van der Waals surface area contributed by atoms with E-state index in [1.165, 1.54) is 4.70 Å². The first-order chi connectivity index (χ1) is 9.83. The van der Waals surface area contributed by atoms with Gasteiger partial charge < -0.3 is 10.2 Å². The molecular formula is C15H19N3OS. The molecule has 5 heteroatoms. The van der Waals surface area contributed by atoms with Gasteiger partial charge in [0.1, 0.15) is 0 Å². The Morgan fingerprint density at radius 3 is 3.10 bits per heavy atom. The largest absolute Gasteiger partial charge is 0.341 e. The van der Waals surface area contributed by atoms with E-state index in [0.29, 0.717) is 6.42 Å². The summed E-state index contributed by atoms with van der Waals surface area (Å²) >= 11 is 1.70. The third-order valence-corrected chi connectivity index (χ3v) is 4.68. The molecule has 0 unspecified atom stereocenters. The van der Waals surface area contributed by atoms with Crippen molar-refractivity contribution in [3.63, 3.8) is 0 Å². The lowest BCUT2D eigenvalue weighted by Gasteiger charge is -2.19. The summed E-state index contributed by atoms with van der Waals surface area (Å²) in [5, 5.41) is 4.38. The highest BCUT2D eigenvalue weighted by Gasteiger charge is 2.15. The maximum atomic E-state index is 12.2. The van der Waals surface area contributed by atoms with Crippen LogP contribution in [-0.4, -0.2) is 42.0 Å². The molecule has 4 nitrogen and oxygen atoms in total. The van der Waals surface area contributed by atoms with Crippen molar-refractivity contribution in [3.8, 4) is 0 Å². The molecule has 2 aromatic rings. The van der Waals surface area contributed by atoms with Crippen LogP contribution in [0.2, 0.25) is 0 Å². The van der Waals surface area contributed by atoms with E-state index in [0.717, 1.165) is 49.5 Å². The topological polar surface area (TPSA) is 45.2 Å². The normalized spacial score (nSPS) is 16.3. The predicted octanol–water partition coefficient (Wildman–Crippen LogP) is 2.05. The van der Waals surface area contributed by atoms with Crippen LogP contribution < -0.4 is 5.32 Å². The van der Waals surface area contributed by atoms with Gasteiger partial charge in [-0.15, -0.1) is 11.3 Å². The Kier molecular flexibility index (Phi) is 4.28. The number of para-hydroxylation sites is 1. The van der Waals surface area contributed by atoms with Gasteiger partial charge in [0.2, 0.25) is 5.91 Å². The van der Waals surface area contributed by atoms with Crippen LogP contribution in [0.15, 0.2) is 24.3 Å². The Morgan fingerprint density at radius 1 is 1.30 bits per heavy atom. The quantitative estimate of drug-likeness (QED) is 0.940. The average Bonchev–Trinajstić information content (AvgIpc) is 2.69. The number of nitrogens with one attached hydrogen (secondary N) is 1. The van der Waals surface area contributed by atoms with Gasteiger partial charge in [-0.2, -0.15) is 0 Å². The fourth-order valence-corrected chi connectivity index (χ4v) is 3.46. The van der Waals surface area contributed by atoms with Crippen LogP contribution in [0.3, 0.4) is 0 Å². The Hall–Kier alpha value is -1.46. The van der Waals surface area contributed by atoms with Crippen LogP contribution in [0, 0.1) is 0 Å². The number of carbonyl (C=O) groups excluding carboxylic acids is 1. The van der Waals surface area contributed by atoms with Crippen molar-refractivity contribution >= 4 is 27.5 Å². The number of thiazole rings is 1. The zero-order valence-corrected chi connectivity index (χ0v) is 12.3. The zero-order chi connectivity index (χ0) is 13.8. The number of hydrogen-bond donors (Lipinski definition) is 1. The molecule has 106 valence electrons. The first-order valence-corrected chi connectivity index (χ1v) is 7.97. The number of amides is 1. The molecule has 1 amide bonds. The van der Waals surface area contributed by atoms with Crippen molar-refractivity contribution in [1.82, 2.24) is 15.2 Å². The molecule has 1 aromatic carbocycles. The Bertz CT molecular complexity index is 555. The maximum Gasteiger partial charge on any atom is 0.223 e. The summed E-state index contributed by atoms with van der Waals surface area (Å²) in [7, 11) is 0. The molecule has 0 atom stereocenters. The van der Waals surface area contributed by atoms with Gasteiger partial charge in [0, 0.05) is 32.5 Å². The molecule has 1 N–H and O–H groups in total. The van der Waals surface area contributed by atoms with E-state index in [4.69, 9.17) is 0 Å². The molecule has 0 radical (unpaired) electrons. The number of nitrogens with zero attached hydrogens (tertiary/aromatic N) is 2. The van der Waals surface area contributed by atoms with E-state index in [1.807, 2.05) is 23.1 Å². The molecule has 3 rings (SSSR count). The second kappa shape index (κ2) is 6.33. The van der Waals surface area contributed by atoms with Crippen molar-refractivity contribution < 1.29 is 4.79 Å². The summed E-state index contributed by atoms with van der Waals surface area (Å²) in [6.45, 7) is 3.64. The summed E-state index contributed by atoms with van der Waals surface area (Å²) in [6.07, 6.45) is 2.37. The van der Waals surface area contributed by atoms with E-state index in [2.05, 4.69) is 16.4 Å². The second-order valence-corrected chi connectivity index (χ2v) is 6.17. The third kappa shape index (κ3) is 3.16. The Labute approximate surface area is 122 Å². The SMILES string of the molecule is O=C(CCc1nc2ccccc2s1)N1CCCNCC1. The number of aromatic nitrogens is 1. The highest BCUT2D eigenvalue weighted by Crippen LogP contribution is 2.22. The molecule has 1 saturated heterocycles. The van der Waals surface area contributed by atoms with Gasteiger partial charge in [-0.3, -0.25) is 4.79 Å². The van der Waals surface area contributed by atoms with Gasteiger partial charge in [-0.25, -0.2) is 4.98 Å². The van der Waals surface area contributed by atoms with E-state index in [1.54, 1.807) is 11.3 Å². The molecule has 1 aromatic heterocycles. The van der Waals surface area contributed by atoms with Gasteiger partial charge in [-0.05, 0) is 25.1 Å². The fraction of sp³-hybridized carbons (Fsp3) is 0.467. The zero-order valence-electron chi connectivity index (χ0n) is 11.5. The van der Waals surface area contributed by atoms with Gasteiger partial charge in [-0.1, -0.05) is 12.1 Å². The number of rotatable bonds is 3. The Morgan fingerprint density at radius 2 is 2.20 bits per heavy atom. The standard InChI is InChI=1S/C15H19N3OS/c19-15(18-10-3-8-16-9-11-18)7-6-14-17-12-4-1-2-5-13(12)20-14/h1-2,4-5,16H,3,6-11H2. The molecule has 1 aliphatic heterocycles. The molecular weight excluding hydrogens is 270 g/mol. The highest BCUT2D eigenvalue weighted by molar-refractivity contribution is 7.18. The van der Waals surface area contributed by atoms with E-state index < -0.39 is 0 Å². The number of carbonyl (C=O) groups is 1. The fourth-order valence-electron chi connectivity index (χ4n) is 2.49. The van der Waals surface area contributed by atoms with Crippen molar-refractivity contribution in [1.29, 1.82) is 0 Å². The average molecular weight is 289 g/mol. The van der Waals surface area contributed by atoms with Crippen LogP contribution in [0.5, 0.6) is 0 Å².